The molecular formula is C19H18BrClN4O2. The number of hydrogen-bond donors (Lipinski definition) is 0. The highest BCUT2D eigenvalue weighted by atomic mass is 79.9. The fraction of sp³-hybridized carbons (Fsp3) is 0.263. The molecule has 3 rings (SSSR count). The predicted molar refractivity (Wildman–Crippen MR) is 108 cm³/mol. The molecule has 1 amide bonds. The first-order valence-electron chi connectivity index (χ1n) is 8.57. The van der Waals surface area contributed by atoms with E-state index in [0.717, 1.165) is 10.0 Å². The number of aryl methyl sites for hydroxylation is 1. The number of anilines is 1. The number of rotatable bonds is 7. The van der Waals surface area contributed by atoms with E-state index < -0.39 is 0 Å². The van der Waals surface area contributed by atoms with Gasteiger partial charge in [-0.05, 0) is 65.7 Å². The molecule has 0 radical (unpaired) electrons. The summed E-state index contributed by atoms with van der Waals surface area (Å²) >= 11 is 9.23. The second-order valence-corrected chi connectivity index (χ2v) is 7.20. The third-order valence-corrected chi connectivity index (χ3v) is 4.68. The van der Waals surface area contributed by atoms with Gasteiger partial charge in [-0.2, -0.15) is 4.98 Å². The van der Waals surface area contributed by atoms with E-state index in [-0.39, 0.29) is 5.91 Å². The van der Waals surface area contributed by atoms with E-state index >= 15 is 0 Å². The Morgan fingerprint density at radius 3 is 2.67 bits per heavy atom. The predicted octanol–water partition coefficient (Wildman–Crippen LogP) is 4.92. The summed E-state index contributed by atoms with van der Waals surface area (Å²) in [5.74, 6) is 1.69. The zero-order chi connectivity index (χ0) is 19.2. The molecule has 0 fully saturated rings. The van der Waals surface area contributed by atoms with E-state index in [1.54, 1.807) is 23.2 Å². The molecule has 0 aliphatic carbocycles. The van der Waals surface area contributed by atoms with Crippen molar-refractivity contribution in [3.05, 3.63) is 58.0 Å². The molecular weight excluding hydrogens is 432 g/mol. The first kappa shape index (κ1) is 19.5. The average molecular weight is 450 g/mol. The van der Waals surface area contributed by atoms with E-state index in [9.17, 15) is 4.79 Å². The number of carbonyl (C=O) groups excluding carboxylic acids is 1. The molecule has 0 bridgehead atoms. The minimum Gasteiger partial charge on any atom is -0.339 e. The average Bonchev–Trinajstić information content (AvgIpc) is 3.13. The van der Waals surface area contributed by atoms with Crippen LogP contribution in [-0.4, -0.2) is 27.6 Å². The number of benzene rings is 1. The molecule has 0 atom stereocenters. The summed E-state index contributed by atoms with van der Waals surface area (Å²) in [7, 11) is 0. The lowest BCUT2D eigenvalue weighted by Crippen LogP contribution is -2.31. The Labute approximate surface area is 170 Å². The summed E-state index contributed by atoms with van der Waals surface area (Å²) in [6.45, 7) is 2.49. The molecule has 0 saturated heterocycles. The van der Waals surface area contributed by atoms with Gasteiger partial charge >= 0.3 is 0 Å². The van der Waals surface area contributed by atoms with Gasteiger partial charge in [-0.15, -0.1) is 0 Å². The van der Waals surface area contributed by atoms with Crippen LogP contribution in [0, 0.1) is 0 Å². The Morgan fingerprint density at radius 2 is 2.00 bits per heavy atom. The van der Waals surface area contributed by atoms with Gasteiger partial charge in [-0.25, -0.2) is 4.98 Å². The lowest BCUT2D eigenvalue weighted by molar-refractivity contribution is -0.118. The van der Waals surface area contributed by atoms with Crippen LogP contribution in [0.5, 0.6) is 0 Å². The van der Waals surface area contributed by atoms with Crippen molar-refractivity contribution in [1.29, 1.82) is 0 Å². The molecule has 8 heteroatoms. The van der Waals surface area contributed by atoms with E-state index in [4.69, 9.17) is 16.1 Å². The summed E-state index contributed by atoms with van der Waals surface area (Å²) in [5.41, 5.74) is 0.837. The first-order chi connectivity index (χ1) is 13.1. The number of pyridine rings is 1. The van der Waals surface area contributed by atoms with E-state index in [1.807, 2.05) is 31.2 Å². The van der Waals surface area contributed by atoms with Crippen LogP contribution in [0.1, 0.15) is 25.7 Å². The molecule has 140 valence electrons. The SMILES string of the molecule is CCN(C(=O)CCCc1nc(-c2ccc(Cl)cc2)no1)c1ccc(Br)cn1. The number of halogens is 2. The Hall–Kier alpha value is -2.25. The van der Waals surface area contributed by atoms with E-state index in [2.05, 4.69) is 31.1 Å². The van der Waals surface area contributed by atoms with Gasteiger partial charge in [0.05, 0.1) is 0 Å². The molecule has 1 aromatic carbocycles. The lowest BCUT2D eigenvalue weighted by atomic mass is 10.2. The zero-order valence-corrected chi connectivity index (χ0v) is 17.1. The highest BCUT2D eigenvalue weighted by Crippen LogP contribution is 2.20. The quantitative estimate of drug-likeness (QED) is 0.512. The van der Waals surface area contributed by atoms with Crippen LogP contribution in [0.25, 0.3) is 11.4 Å². The highest BCUT2D eigenvalue weighted by molar-refractivity contribution is 9.10. The standard InChI is InChI=1S/C19H18BrClN4O2/c1-2-25(16-11-8-14(20)12-22-16)18(26)5-3-4-17-23-19(24-27-17)13-6-9-15(21)10-7-13/h6-12H,2-5H2,1H3. The van der Waals surface area contributed by atoms with E-state index in [1.165, 1.54) is 0 Å². The van der Waals surface area contributed by atoms with Crippen LogP contribution < -0.4 is 4.90 Å². The van der Waals surface area contributed by atoms with Crippen molar-refractivity contribution < 1.29 is 9.32 Å². The van der Waals surface area contributed by atoms with Gasteiger partial charge in [0.1, 0.15) is 5.82 Å². The molecule has 27 heavy (non-hydrogen) atoms. The molecule has 0 N–H and O–H groups in total. The van der Waals surface area contributed by atoms with Gasteiger partial charge in [0, 0.05) is 40.6 Å². The largest absolute Gasteiger partial charge is 0.339 e. The van der Waals surface area contributed by atoms with Crippen LogP contribution in [0.3, 0.4) is 0 Å². The minimum absolute atomic E-state index is 0.0183. The Kier molecular flexibility index (Phi) is 6.58. The monoisotopic (exact) mass is 448 g/mol. The number of amides is 1. The Morgan fingerprint density at radius 1 is 1.22 bits per heavy atom. The maximum absolute atomic E-state index is 12.5. The molecule has 0 spiro atoms. The maximum atomic E-state index is 12.5. The summed E-state index contributed by atoms with van der Waals surface area (Å²) < 4.78 is 6.16. The summed E-state index contributed by atoms with van der Waals surface area (Å²) in [5, 5.41) is 4.64. The van der Waals surface area contributed by atoms with Crippen LogP contribution in [-0.2, 0) is 11.2 Å². The van der Waals surface area contributed by atoms with Crippen LogP contribution in [0.4, 0.5) is 5.82 Å². The van der Waals surface area contributed by atoms with Gasteiger partial charge in [0.15, 0.2) is 0 Å². The number of hydrogen-bond acceptors (Lipinski definition) is 5. The smallest absolute Gasteiger partial charge is 0.228 e. The van der Waals surface area contributed by atoms with Gasteiger partial charge in [0.2, 0.25) is 17.6 Å². The van der Waals surface area contributed by atoms with Crippen LogP contribution in [0.15, 0.2) is 51.6 Å². The van der Waals surface area contributed by atoms with E-state index in [0.29, 0.717) is 48.4 Å². The first-order valence-corrected chi connectivity index (χ1v) is 9.74. The van der Waals surface area contributed by atoms with Gasteiger partial charge in [-0.1, -0.05) is 16.8 Å². The van der Waals surface area contributed by atoms with Gasteiger partial charge in [-0.3, -0.25) is 9.69 Å². The van der Waals surface area contributed by atoms with Crippen LogP contribution in [0.2, 0.25) is 5.02 Å². The number of aromatic nitrogens is 3. The summed E-state index contributed by atoms with van der Waals surface area (Å²) in [6.07, 6.45) is 3.22. The number of nitrogens with zero attached hydrogens (tertiary/aromatic N) is 4. The van der Waals surface area contributed by atoms with Crippen molar-refractivity contribution in [2.75, 3.05) is 11.4 Å². The third-order valence-electron chi connectivity index (χ3n) is 3.96. The van der Waals surface area contributed by atoms with Gasteiger partial charge < -0.3 is 4.52 Å². The zero-order valence-electron chi connectivity index (χ0n) is 14.7. The summed E-state index contributed by atoms with van der Waals surface area (Å²) in [6, 6.07) is 10.9. The van der Waals surface area contributed by atoms with Crippen molar-refractivity contribution in [3.63, 3.8) is 0 Å². The van der Waals surface area contributed by atoms with Crippen molar-refractivity contribution >= 4 is 39.3 Å². The Balaban J connectivity index is 1.55. The fourth-order valence-electron chi connectivity index (χ4n) is 2.59. The molecule has 0 aliphatic rings. The topological polar surface area (TPSA) is 72.1 Å². The van der Waals surface area contributed by atoms with Crippen LogP contribution >= 0.6 is 27.5 Å². The molecule has 0 saturated carbocycles. The Bertz CT molecular complexity index is 897. The molecule has 2 aromatic heterocycles. The second kappa shape index (κ2) is 9.10. The summed E-state index contributed by atoms with van der Waals surface area (Å²) in [4.78, 5) is 22.8. The van der Waals surface area contributed by atoms with Crippen molar-refractivity contribution in [2.24, 2.45) is 0 Å². The fourth-order valence-corrected chi connectivity index (χ4v) is 2.95. The highest BCUT2D eigenvalue weighted by Gasteiger charge is 2.16. The maximum Gasteiger partial charge on any atom is 0.228 e. The van der Waals surface area contributed by atoms with Crippen molar-refractivity contribution in [2.45, 2.75) is 26.2 Å². The molecule has 0 aliphatic heterocycles. The molecule has 2 heterocycles. The molecule has 6 nitrogen and oxygen atoms in total. The lowest BCUT2D eigenvalue weighted by Gasteiger charge is -2.19. The molecule has 3 aromatic rings. The third kappa shape index (κ3) is 5.14. The minimum atomic E-state index is 0.0183. The molecule has 0 unspecified atom stereocenters. The van der Waals surface area contributed by atoms with Crippen molar-refractivity contribution in [1.82, 2.24) is 15.1 Å². The van der Waals surface area contributed by atoms with Gasteiger partial charge in [0.25, 0.3) is 0 Å². The normalized spacial score (nSPS) is 10.8. The second-order valence-electron chi connectivity index (χ2n) is 5.84. The van der Waals surface area contributed by atoms with Crippen molar-refractivity contribution in [3.8, 4) is 11.4 Å². The number of carbonyl (C=O) groups is 1.